The molecule has 2 rings (SSSR count). The van der Waals surface area contributed by atoms with E-state index >= 15 is 0 Å². The van der Waals surface area contributed by atoms with Gasteiger partial charge in [-0.25, -0.2) is 0 Å². The topological polar surface area (TPSA) is 35.7 Å². The number of nitrogens with two attached hydrogens (primary N) is 1. The molecule has 2 fully saturated rings. The number of piperazine rings is 1. The van der Waals surface area contributed by atoms with Crippen LogP contribution in [0.3, 0.4) is 0 Å². The standard InChI is InChI=1S/C14H30N4/c1-11-12(2)18(6-5-14(11)15)10-13-9-16(3)7-8-17(13)4/h11-14H,5-10,15H2,1-4H3. The molecule has 0 saturated carbocycles. The molecule has 2 aliphatic rings. The van der Waals surface area contributed by atoms with E-state index in [1.807, 2.05) is 0 Å². The Morgan fingerprint density at radius 1 is 1.11 bits per heavy atom. The summed E-state index contributed by atoms with van der Waals surface area (Å²) in [6.45, 7) is 10.6. The number of nitrogens with zero attached hydrogens (tertiary/aromatic N) is 3. The van der Waals surface area contributed by atoms with E-state index in [2.05, 4.69) is 42.6 Å². The van der Waals surface area contributed by atoms with Gasteiger partial charge in [0.05, 0.1) is 0 Å². The average molecular weight is 254 g/mol. The van der Waals surface area contributed by atoms with Crippen LogP contribution in [0, 0.1) is 5.92 Å². The summed E-state index contributed by atoms with van der Waals surface area (Å²) in [6.07, 6.45) is 1.15. The number of hydrogen-bond acceptors (Lipinski definition) is 4. The molecule has 2 aliphatic heterocycles. The van der Waals surface area contributed by atoms with Gasteiger partial charge in [-0.05, 0) is 39.9 Å². The molecule has 4 nitrogen and oxygen atoms in total. The lowest BCUT2D eigenvalue weighted by Gasteiger charge is -2.46. The Balaban J connectivity index is 1.92. The van der Waals surface area contributed by atoms with Crippen molar-refractivity contribution in [3.8, 4) is 0 Å². The van der Waals surface area contributed by atoms with Gasteiger partial charge in [0.2, 0.25) is 0 Å². The van der Waals surface area contributed by atoms with Crippen molar-refractivity contribution in [2.45, 2.75) is 38.4 Å². The Kier molecular flexibility index (Phi) is 4.64. The minimum Gasteiger partial charge on any atom is -0.327 e. The number of rotatable bonds is 2. The second kappa shape index (κ2) is 5.87. The predicted octanol–water partition coefficient (Wildman–Crippen LogP) is 0.290. The molecule has 0 amide bonds. The summed E-state index contributed by atoms with van der Waals surface area (Å²) in [5.41, 5.74) is 6.17. The molecule has 2 N–H and O–H groups in total. The van der Waals surface area contributed by atoms with Crippen LogP contribution in [0.5, 0.6) is 0 Å². The smallest absolute Gasteiger partial charge is 0.0347 e. The predicted molar refractivity (Wildman–Crippen MR) is 76.7 cm³/mol. The fourth-order valence-electron chi connectivity index (χ4n) is 3.30. The van der Waals surface area contributed by atoms with E-state index in [0.717, 1.165) is 6.42 Å². The van der Waals surface area contributed by atoms with Crippen molar-refractivity contribution in [1.29, 1.82) is 0 Å². The van der Waals surface area contributed by atoms with Gasteiger partial charge in [-0.15, -0.1) is 0 Å². The van der Waals surface area contributed by atoms with Crippen LogP contribution in [-0.2, 0) is 0 Å². The Morgan fingerprint density at radius 2 is 1.83 bits per heavy atom. The Morgan fingerprint density at radius 3 is 2.56 bits per heavy atom. The molecule has 4 atom stereocenters. The molecule has 0 aromatic heterocycles. The third-order valence-electron chi connectivity index (χ3n) is 5.19. The fraction of sp³-hybridized carbons (Fsp3) is 1.00. The maximum absolute atomic E-state index is 6.17. The summed E-state index contributed by atoms with van der Waals surface area (Å²) >= 11 is 0. The minimum absolute atomic E-state index is 0.392. The Labute approximate surface area is 112 Å². The zero-order valence-electron chi connectivity index (χ0n) is 12.5. The summed E-state index contributed by atoms with van der Waals surface area (Å²) in [4.78, 5) is 7.62. The third-order valence-corrected chi connectivity index (χ3v) is 5.19. The van der Waals surface area contributed by atoms with Crippen LogP contribution in [0.4, 0.5) is 0 Å². The van der Waals surface area contributed by atoms with Crippen LogP contribution < -0.4 is 5.73 Å². The highest BCUT2D eigenvalue weighted by Crippen LogP contribution is 2.23. The number of hydrogen-bond donors (Lipinski definition) is 1. The normalized spacial score (nSPS) is 41.2. The molecule has 0 aromatic rings. The quantitative estimate of drug-likeness (QED) is 0.768. The van der Waals surface area contributed by atoms with E-state index < -0.39 is 0 Å². The number of likely N-dealkylation sites (N-methyl/N-ethyl adjacent to an activating group) is 2. The van der Waals surface area contributed by atoms with Crippen LogP contribution in [-0.4, -0.2) is 79.6 Å². The van der Waals surface area contributed by atoms with E-state index in [9.17, 15) is 0 Å². The van der Waals surface area contributed by atoms with Crippen LogP contribution in [0.15, 0.2) is 0 Å². The number of piperidine rings is 1. The lowest BCUT2D eigenvalue weighted by Crippen LogP contribution is -2.59. The molecule has 0 spiro atoms. The molecule has 18 heavy (non-hydrogen) atoms. The van der Waals surface area contributed by atoms with Gasteiger partial charge in [0.25, 0.3) is 0 Å². The molecule has 106 valence electrons. The van der Waals surface area contributed by atoms with Gasteiger partial charge in [-0.2, -0.15) is 0 Å². The van der Waals surface area contributed by atoms with Crippen LogP contribution in [0.2, 0.25) is 0 Å². The van der Waals surface area contributed by atoms with Crippen molar-refractivity contribution in [3.05, 3.63) is 0 Å². The zero-order chi connectivity index (χ0) is 13.3. The molecule has 2 saturated heterocycles. The monoisotopic (exact) mass is 254 g/mol. The van der Waals surface area contributed by atoms with Crippen molar-refractivity contribution in [2.75, 3.05) is 46.8 Å². The molecular formula is C14H30N4. The summed E-state index contributed by atoms with van der Waals surface area (Å²) in [5.74, 6) is 0.616. The lowest BCUT2D eigenvalue weighted by molar-refractivity contribution is 0.0372. The highest BCUT2D eigenvalue weighted by molar-refractivity contribution is 4.90. The fourth-order valence-corrected chi connectivity index (χ4v) is 3.30. The summed E-state index contributed by atoms with van der Waals surface area (Å²) < 4.78 is 0. The van der Waals surface area contributed by atoms with E-state index in [1.165, 1.54) is 32.7 Å². The maximum Gasteiger partial charge on any atom is 0.0347 e. The first-order valence-electron chi connectivity index (χ1n) is 7.37. The van der Waals surface area contributed by atoms with E-state index in [-0.39, 0.29) is 0 Å². The highest BCUT2D eigenvalue weighted by atomic mass is 15.3. The SMILES string of the molecule is CC1C(N)CCN(CC2CN(C)CCN2C)C1C. The Hall–Kier alpha value is -0.160. The van der Waals surface area contributed by atoms with Gasteiger partial charge in [0.15, 0.2) is 0 Å². The first-order chi connectivity index (χ1) is 8.49. The Bertz CT molecular complexity index is 271. The summed E-state index contributed by atoms with van der Waals surface area (Å²) in [6, 6.07) is 1.69. The van der Waals surface area contributed by atoms with Crippen LogP contribution >= 0.6 is 0 Å². The van der Waals surface area contributed by atoms with Crippen molar-refractivity contribution >= 4 is 0 Å². The molecule has 0 aliphatic carbocycles. The van der Waals surface area contributed by atoms with Crippen LogP contribution in [0.1, 0.15) is 20.3 Å². The maximum atomic E-state index is 6.17. The van der Waals surface area contributed by atoms with Gasteiger partial charge in [-0.1, -0.05) is 6.92 Å². The number of likely N-dealkylation sites (tertiary alicyclic amines) is 1. The van der Waals surface area contributed by atoms with Crippen molar-refractivity contribution in [2.24, 2.45) is 11.7 Å². The van der Waals surface area contributed by atoms with E-state index in [4.69, 9.17) is 5.73 Å². The van der Waals surface area contributed by atoms with Crippen molar-refractivity contribution < 1.29 is 0 Å². The van der Waals surface area contributed by atoms with E-state index in [0.29, 0.717) is 24.0 Å². The molecule has 2 heterocycles. The minimum atomic E-state index is 0.392. The second-order valence-electron chi connectivity index (χ2n) is 6.44. The van der Waals surface area contributed by atoms with E-state index in [1.54, 1.807) is 0 Å². The molecular weight excluding hydrogens is 224 g/mol. The largest absolute Gasteiger partial charge is 0.327 e. The summed E-state index contributed by atoms with van der Waals surface area (Å²) in [7, 11) is 4.50. The van der Waals surface area contributed by atoms with Gasteiger partial charge in [0, 0.05) is 44.3 Å². The van der Waals surface area contributed by atoms with Crippen LogP contribution in [0.25, 0.3) is 0 Å². The molecule has 4 heteroatoms. The van der Waals surface area contributed by atoms with Crippen molar-refractivity contribution in [3.63, 3.8) is 0 Å². The lowest BCUT2D eigenvalue weighted by atomic mass is 9.87. The van der Waals surface area contributed by atoms with Gasteiger partial charge >= 0.3 is 0 Å². The van der Waals surface area contributed by atoms with Crippen molar-refractivity contribution in [1.82, 2.24) is 14.7 Å². The summed E-state index contributed by atoms with van der Waals surface area (Å²) in [5, 5.41) is 0. The van der Waals surface area contributed by atoms with Gasteiger partial charge in [-0.3, -0.25) is 9.80 Å². The van der Waals surface area contributed by atoms with Gasteiger partial charge in [0.1, 0.15) is 0 Å². The second-order valence-corrected chi connectivity index (χ2v) is 6.44. The third kappa shape index (κ3) is 3.05. The molecule has 4 unspecified atom stereocenters. The average Bonchev–Trinajstić information content (AvgIpc) is 2.34. The molecule has 0 bridgehead atoms. The first kappa shape index (κ1) is 14.3. The highest BCUT2D eigenvalue weighted by Gasteiger charge is 2.33. The molecule has 0 aromatic carbocycles. The zero-order valence-corrected chi connectivity index (χ0v) is 12.5. The first-order valence-corrected chi connectivity index (χ1v) is 7.37. The van der Waals surface area contributed by atoms with Gasteiger partial charge < -0.3 is 10.6 Å². The molecule has 0 radical (unpaired) electrons.